The van der Waals surface area contributed by atoms with Crippen LogP contribution in [0.15, 0.2) is 22.7 Å². The summed E-state index contributed by atoms with van der Waals surface area (Å²) in [6.45, 7) is 0. The van der Waals surface area contributed by atoms with E-state index < -0.39 is 21.7 Å². The van der Waals surface area contributed by atoms with Gasteiger partial charge in [0.05, 0.1) is 5.75 Å². The third kappa shape index (κ3) is 5.99. The van der Waals surface area contributed by atoms with E-state index in [0.29, 0.717) is 10.0 Å². The molecule has 1 aromatic rings. The van der Waals surface area contributed by atoms with Crippen molar-refractivity contribution in [1.82, 2.24) is 0 Å². The summed E-state index contributed by atoms with van der Waals surface area (Å²) in [5, 5.41) is 0. The fraction of sp³-hybridized carbons (Fsp3) is 0.250. The first-order chi connectivity index (χ1) is 6.38. The van der Waals surface area contributed by atoms with E-state index >= 15 is 0 Å². The van der Waals surface area contributed by atoms with Crippen molar-refractivity contribution in [2.24, 2.45) is 0 Å². The molecule has 0 aliphatic carbocycles. The zero-order chi connectivity index (χ0) is 10.8. The summed E-state index contributed by atoms with van der Waals surface area (Å²) in [5.74, 6) is -0.840. The van der Waals surface area contributed by atoms with Gasteiger partial charge in [0.2, 0.25) is 0 Å². The van der Waals surface area contributed by atoms with Crippen molar-refractivity contribution in [3.05, 3.63) is 34.1 Å². The maximum absolute atomic E-state index is 12.7. The van der Waals surface area contributed by atoms with E-state index in [0.717, 1.165) is 0 Å². The van der Waals surface area contributed by atoms with Gasteiger partial charge in [0.15, 0.2) is 0 Å². The summed E-state index contributed by atoms with van der Waals surface area (Å²) >= 11 is 3.16. The molecule has 1 rings (SSSR count). The molecule has 3 nitrogen and oxygen atoms in total. The van der Waals surface area contributed by atoms with Gasteiger partial charge in [-0.1, -0.05) is 15.9 Å². The fourth-order valence-corrected chi connectivity index (χ4v) is 1.90. The molecule has 15 heavy (non-hydrogen) atoms. The Balaban J connectivity index is 0.00000196. The first-order valence-corrected chi connectivity index (χ1v) is 6.18. The minimum atomic E-state index is -4.00. The van der Waals surface area contributed by atoms with Crippen LogP contribution in [0.25, 0.3) is 0 Å². The van der Waals surface area contributed by atoms with Crippen LogP contribution in [0.2, 0.25) is 0 Å². The molecule has 0 aliphatic heterocycles. The average Bonchev–Trinajstić information content (AvgIpc) is 2.05. The number of halogens is 2. The van der Waals surface area contributed by atoms with Gasteiger partial charge in [-0.25, -0.2) is 4.39 Å². The molecule has 0 atom stereocenters. The van der Waals surface area contributed by atoms with Crippen LogP contribution in [-0.4, -0.2) is 48.3 Å². The molecule has 80 valence electrons. The molecule has 0 bridgehead atoms. The number of aryl methyl sites for hydroxylation is 1. The third-order valence-electron chi connectivity index (χ3n) is 1.64. The van der Waals surface area contributed by atoms with Gasteiger partial charge in [0.25, 0.3) is 10.1 Å². The topological polar surface area (TPSA) is 54.4 Å². The molecule has 1 N–H and O–H groups in total. The first-order valence-electron chi connectivity index (χ1n) is 3.77. The van der Waals surface area contributed by atoms with E-state index in [9.17, 15) is 12.8 Å². The standard InChI is InChI=1S/C8H8BrFO3S.Na.H/c9-8-2-1-7(10)5-6(8)3-4-14(11,12)13;;/h1-2,5H,3-4H2,(H,11,12,13);;. The summed E-state index contributed by atoms with van der Waals surface area (Å²) in [4.78, 5) is 0. The number of hydrogen-bond donors (Lipinski definition) is 1. The Hall–Kier alpha value is 0.540. The van der Waals surface area contributed by atoms with Crippen molar-refractivity contribution in [3.63, 3.8) is 0 Å². The second kappa shape index (κ2) is 6.32. The predicted octanol–water partition coefficient (Wildman–Crippen LogP) is 1.37. The molecular weight excluding hydrogens is 298 g/mol. The van der Waals surface area contributed by atoms with E-state index in [-0.39, 0.29) is 36.0 Å². The Labute approximate surface area is 118 Å². The SMILES string of the molecule is O=S(=O)(O)CCc1cc(F)ccc1Br.[NaH]. The average molecular weight is 307 g/mol. The Kier molecular flexibility index (Phi) is 6.55. The van der Waals surface area contributed by atoms with Crippen molar-refractivity contribution in [1.29, 1.82) is 0 Å². The molecule has 1 aromatic carbocycles. The van der Waals surface area contributed by atoms with Crippen LogP contribution in [0.4, 0.5) is 4.39 Å². The molecule has 0 radical (unpaired) electrons. The summed E-state index contributed by atoms with van der Waals surface area (Å²) in [7, 11) is -4.00. The fourth-order valence-electron chi connectivity index (χ4n) is 0.974. The molecule has 0 saturated heterocycles. The molecule has 0 amide bonds. The Morgan fingerprint density at radius 3 is 2.53 bits per heavy atom. The summed E-state index contributed by atoms with van der Waals surface area (Å²) < 4.78 is 42.8. The van der Waals surface area contributed by atoms with Crippen molar-refractivity contribution in [2.45, 2.75) is 6.42 Å². The molecule has 0 saturated carbocycles. The first kappa shape index (κ1) is 15.5. The van der Waals surface area contributed by atoms with Gasteiger partial charge in [-0.3, -0.25) is 4.55 Å². The summed E-state index contributed by atoms with van der Waals surface area (Å²) in [6, 6.07) is 3.99. The van der Waals surface area contributed by atoms with Gasteiger partial charge < -0.3 is 0 Å². The van der Waals surface area contributed by atoms with Crippen molar-refractivity contribution in [3.8, 4) is 0 Å². The monoisotopic (exact) mass is 306 g/mol. The van der Waals surface area contributed by atoms with Crippen LogP contribution < -0.4 is 0 Å². The molecule has 7 heteroatoms. The second-order valence-electron chi connectivity index (χ2n) is 2.77. The van der Waals surface area contributed by atoms with E-state index in [2.05, 4.69) is 15.9 Å². The normalized spacial score (nSPS) is 10.9. The minimum absolute atomic E-state index is 0. The van der Waals surface area contributed by atoms with Crippen LogP contribution >= 0.6 is 15.9 Å². The third-order valence-corrected chi connectivity index (χ3v) is 3.13. The van der Waals surface area contributed by atoms with Gasteiger partial charge in [-0.05, 0) is 30.2 Å². The zero-order valence-corrected chi connectivity index (χ0v) is 9.48. The van der Waals surface area contributed by atoms with Crippen LogP contribution in [0, 0.1) is 5.82 Å². The number of hydrogen-bond acceptors (Lipinski definition) is 2. The van der Waals surface area contributed by atoms with Crippen molar-refractivity contribution < 1.29 is 17.4 Å². The Morgan fingerprint density at radius 1 is 1.40 bits per heavy atom. The Bertz CT molecular complexity index is 436. The van der Waals surface area contributed by atoms with Gasteiger partial charge >= 0.3 is 29.6 Å². The van der Waals surface area contributed by atoms with Crippen molar-refractivity contribution >= 4 is 55.6 Å². The van der Waals surface area contributed by atoms with E-state index in [4.69, 9.17) is 4.55 Å². The van der Waals surface area contributed by atoms with E-state index in [1.807, 2.05) is 0 Å². The van der Waals surface area contributed by atoms with E-state index in [1.54, 1.807) is 0 Å². The molecule has 0 heterocycles. The summed E-state index contributed by atoms with van der Waals surface area (Å²) in [5.41, 5.74) is 0.516. The van der Waals surface area contributed by atoms with Crippen LogP contribution in [0.5, 0.6) is 0 Å². The number of benzene rings is 1. The summed E-state index contributed by atoms with van der Waals surface area (Å²) in [6.07, 6.45) is 0.0805. The molecule has 0 spiro atoms. The molecule has 0 fully saturated rings. The van der Waals surface area contributed by atoms with Gasteiger partial charge in [0, 0.05) is 4.47 Å². The second-order valence-corrected chi connectivity index (χ2v) is 5.20. The molecule has 0 aliphatic rings. The molecule has 0 aromatic heterocycles. The van der Waals surface area contributed by atoms with Gasteiger partial charge in [-0.2, -0.15) is 8.42 Å². The predicted molar refractivity (Wildman–Crippen MR) is 61.4 cm³/mol. The van der Waals surface area contributed by atoms with E-state index in [1.165, 1.54) is 18.2 Å². The zero-order valence-electron chi connectivity index (χ0n) is 7.07. The quantitative estimate of drug-likeness (QED) is 0.678. The number of rotatable bonds is 3. The Morgan fingerprint density at radius 2 is 2.00 bits per heavy atom. The van der Waals surface area contributed by atoms with Crippen LogP contribution in [0.1, 0.15) is 5.56 Å². The van der Waals surface area contributed by atoms with Gasteiger partial charge in [0.1, 0.15) is 5.82 Å². The van der Waals surface area contributed by atoms with Gasteiger partial charge in [-0.15, -0.1) is 0 Å². The van der Waals surface area contributed by atoms with Crippen molar-refractivity contribution in [2.75, 3.05) is 5.75 Å². The molecular formula is C8H9BrFNaO3S. The maximum atomic E-state index is 12.7. The molecule has 0 unspecified atom stereocenters. The van der Waals surface area contributed by atoms with Crippen LogP contribution in [0.3, 0.4) is 0 Å². The van der Waals surface area contributed by atoms with Crippen LogP contribution in [-0.2, 0) is 16.5 Å².